The Morgan fingerprint density at radius 1 is 1.48 bits per heavy atom. The Bertz CT molecular complexity index is 709. The van der Waals surface area contributed by atoms with Crippen LogP contribution in [-0.4, -0.2) is 39.8 Å². The van der Waals surface area contributed by atoms with Crippen LogP contribution in [0.15, 0.2) is 34.8 Å². The first-order valence-corrected chi connectivity index (χ1v) is 9.12. The van der Waals surface area contributed by atoms with Crippen molar-refractivity contribution in [2.75, 3.05) is 12.9 Å². The molecule has 1 aromatic carbocycles. The molecule has 2 rings (SSSR count). The zero-order chi connectivity index (χ0) is 17.0. The highest BCUT2D eigenvalue weighted by Crippen LogP contribution is 2.29. The lowest BCUT2D eigenvalue weighted by Gasteiger charge is -2.26. The summed E-state index contributed by atoms with van der Waals surface area (Å²) in [7, 11) is 0. The van der Waals surface area contributed by atoms with Crippen LogP contribution in [0, 0.1) is 0 Å². The number of benzene rings is 1. The highest BCUT2D eigenvalue weighted by Gasteiger charge is 2.27. The largest absolute Gasteiger partial charge is 0.452 e. The Morgan fingerprint density at radius 2 is 2.17 bits per heavy atom. The van der Waals surface area contributed by atoms with Gasteiger partial charge < -0.3 is 15.2 Å². The van der Waals surface area contributed by atoms with Crippen LogP contribution in [-0.2, 0) is 4.79 Å². The molecule has 0 aliphatic carbocycles. The number of amides is 1. The number of nitrogens with zero attached hydrogens (tertiary/aromatic N) is 1. The maximum atomic E-state index is 12.3. The molecule has 2 N–H and O–H groups in total. The second kappa shape index (κ2) is 7.51. The van der Waals surface area contributed by atoms with Crippen LogP contribution in [0.2, 0.25) is 0 Å². The van der Waals surface area contributed by atoms with Crippen LogP contribution in [0.5, 0.6) is 5.88 Å². The Kier molecular flexibility index (Phi) is 5.89. The van der Waals surface area contributed by atoms with Gasteiger partial charge in [0.1, 0.15) is 0 Å². The maximum Gasteiger partial charge on any atom is 0.272 e. The summed E-state index contributed by atoms with van der Waals surface area (Å²) in [5.74, 6) is 0.0541. The molecule has 5 nitrogen and oxygen atoms in total. The van der Waals surface area contributed by atoms with E-state index in [1.165, 1.54) is 11.8 Å². The number of hydrogen-bond donors (Lipinski definition) is 2. The minimum absolute atomic E-state index is 0.155. The first-order chi connectivity index (χ1) is 10.9. The van der Waals surface area contributed by atoms with Crippen molar-refractivity contribution >= 4 is 44.5 Å². The lowest BCUT2D eigenvalue weighted by atomic mass is 10.1. The molecule has 1 aromatic heterocycles. The molecule has 0 spiro atoms. The van der Waals surface area contributed by atoms with E-state index in [2.05, 4.69) is 26.2 Å². The fraction of sp³-hybridized carbons (Fsp3) is 0.375. The van der Waals surface area contributed by atoms with Gasteiger partial charge in [0.25, 0.3) is 5.91 Å². The molecule has 7 heteroatoms. The van der Waals surface area contributed by atoms with Crippen LogP contribution >= 0.6 is 27.7 Å². The zero-order valence-electron chi connectivity index (χ0n) is 13.2. The highest BCUT2D eigenvalue weighted by molar-refractivity contribution is 9.10. The summed E-state index contributed by atoms with van der Waals surface area (Å²) < 4.78 is 6.45. The van der Waals surface area contributed by atoms with Gasteiger partial charge in [0.05, 0.1) is 22.1 Å². The molecule has 1 heterocycles. The normalized spacial score (nSPS) is 12.9. The van der Waals surface area contributed by atoms with E-state index in [1.54, 1.807) is 20.1 Å². The Morgan fingerprint density at radius 3 is 2.83 bits per heavy atom. The number of thioether (sulfide) groups is 1. The third-order valence-electron chi connectivity index (χ3n) is 3.15. The summed E-state index contributed by atoms with van der Waals surface area (Å²) in [5, 5.41) is 13.0. The van der Waals surface area contributed by atoms with Gasteiger partial charge in [-0.25, -0.2) is 4.98 Å². The van der Waals surface area contributed by atoms with Crippen molar-refractivity contribution in [1.29, 1.82) is 0 Å². The van der Waals surface area contributed by atoms with Crippen molar-refractivity contribution < 1.29 is 14.6 Å². The first kappa shape index (κ1) is 18.0. The molecule has 1 unspecified atom stereocenters. The van der Waals surface area contributed by atoms with Crippen LogP contribution in [0.4, 0.5) is 0 Å². The summed E-state index contributed by atoms with van der Waals surface area (Å²) in [4.78, 5) is 16.8. The van der Waals surface area contributed by atoms with Crippen LogP contribution in [0.3, 0.4) is 0 Å². The molecule has 0 radical (unpaired) electrons. The van der Waals surface area contributed by atoms with Gasteiger partial charge in [-0.2, -0.15) is 0 Å². The number of carbonyl (C=O) groups excluding carboxylic acids is 1. The quantitative estimate of drug-likeness (QED) is 0.731. The molecule has 1 amide bonds. The summed E-state index contributed by atoms with van der Waals surface area (Å²) >= 11 is 4.69. The minimum atomic E-state index is -0.759. The zero-order valence-corrected chi connectivity index (χ0v) is 15.6. The van der Waals surface area contributed by atoms with Crippen molar-refractivity contribution in [1.82, 2.24) is 10.3 Å². The number of pyridine rings is 1. The average Bonchev–Trinajstić information content (AvgIpc) is 2.52. The number of aliphatic hydroxyl groups is 1. The molecule has 1 atom stereocenters. The number of fused-ring (bicyclic) bond motifs is 1. The monoisotopic (exact) mass is 398 g/mol. The van der Waals surface area contributed by atoms with Gasteiger partial charge in [-0.3, -0.25) is 4.79 Å². The lowest BCUT2D eigenvalue weighted by molar-refractivity contribution is -0.126. The predicted octanol–water partition coefficient (Wildman–Crippen LogP) is 2.95. The fourth-order valence-corrected chi connectivity index (χ4v) is 2.79. The number of halogens is 1. The topological polar surface area (TPSA) is 71.5 Å². The van der Waals surface area contributed by atoms with E-state index >= 15 is 0 Å². The summed E-state index contributed by atoms with van der Waals surface area (Å²) in [6, 6.07) is 9.59. The van der Waals surface area contributed by atoms with Gasteiger partial charge in [0, 0.05) is 5.39 Å². The van der Waals surface area contributed by atoms with Gasteiger partial charge in [0.2, 0.25) is 11.3 Å². The number of nitrogens with one attached hydrogen (secondary N) is 1. The third-order valence-corrected chi connectivity index (χ3v) is 4.46. The van der Waals surface area contributed by atoms with Gasteiger partial charge in [-0.05, 0) is 48.2 Å². The van der Waals surface area contributed by atoms with E-state index < -0.39 is 11.0 Å². The van der Waals surface area contributed by atoms with Gasteiger partial charge >= 0.3 is 0 Å². The molecular formula is C16H19BrN2O3S. The van der Waals surface area contributed by atoms with Gasteiger partial charge in [0.15, 0.2) is 0 Å². The Balaban J connectivity index is 2.21. The van der Waals surface area contributed by atoms with E-state index in [4.69, 9.17) is 4.74 Å². The van der Waals surface area contributed by atoms with E-state index in [-0.39, 0.29) is 12.5 Å². The molecule has 0 aliphatic rings. The van der Waals surface area contributed by atoms with E-state index in [1.807, 2.05) is 30.3 Å². The SMILES string of the molecule is CSC(Oc1nc2ccccc2cc1Br)C(=O)NC(C)(C)CO. The maximum absolute atomic E-state index is 12.3. The van der Waals surface area contributed by atoms with Crippen molar-refractivity contribution in [3.8, 4) is 5.88 Å². The molecule has 0 saturated carbocycles. The minimum Gasteiger partial charge on any atom is -0.452 e. The molecule has 0 fully saturated rings. The van der Waals surface area contributed by atoms with Crippen LogP contribution < -0.4 is 10.1 Å². The predicted molar refractivity (Wildman–Crippen MR) is 96.7 cm³/mol. The summed E-state index contributed by atoms with van der Waals surface area (Å²) in [6.45, 7) is 3.33. The van der Waals surface area contributed by atoms with Crippen molar-refractivity contribution in [2.24, 2.45) is 0 Å². The Labute approximate surface area is 147 Å². The number of aromatic nitrogens is 1. The molecule has 0 bridgehead atoms. The van der Waals surface area contributed by atoms with E-state index in [0.717, 1.165) is 10.9 Å². The fourth-order valence-electron chi connectivity index (χ4n) is 1.90. The molecular weight excluding hydrogens is 380 g/mol. The molecule has 2 aromatic rings. The molecule has 0 saturated heterocycles. The summed E-state index contributed by atoms with van der Waals surface area (Å²) in [6.07, 6.45) is 1.78. The number of para-hydroxylation sites is 1. The van der Waals surface area contributed by atoms with Crippen LogP contribution in [0.25, 0.3) is 10.9 Å². The molecule has 124 valence electrons. The second-order valence-corrected chi connectivity index (χ2v) is 7.44. The average molecular weight is 399 g/mol. The molecule has 0 aliphatic heterocycles. The molecule has 23 heavy (non-hydrogen) atoms. The highest BCUT2D eigenvalue weighted by atomic mass is 79.9. The number of hydrogen-bond acceptors (Lipinski definition) is 5. The number of carbonyl (C=O) groups is 1. The number of ether oxygens (including phenoxy) is 1. The lowest BCUT2D eigenvalue weighted by Crippen LogP contribution is -2.50. The van der Waals surface area contributed by atoms with E-state index in [9.17, 15) is 9.90 Å². The second-order valence-electron chi connectivity index (χ2n) is 5.68. The summed E-state index contributed by atoms with van der Waals surface area (Å²) in [5.41, 5.74) is -0.671. The van der Waals surface area contributed by atoms with Gasteiger partial charge in [-0.15, -0.1) is 11.8 Å². The van der Waals surface area contributed by atoms with Crippen molar-refractivity contribution in [3.63, 3.8) is 0 Å². The first-order valence-electron chi connectivity index (χ1n) is 7.04. The van der Waals surface area contributed by atoms with Crippen molar-refractivity contribution in [3.05, 3.63) is 34.8 Å². The van der Waals surface area contributed by atoms with E-state index in [0.29, 0.717) is 10.4 Å². The smallest absolute Gasteiger partial charge is 0.272 e. The van der Waals surface area contributed by atoms with Crippen LogP contribution in [0.1, 0.15) is 13.8 Å². The van der Waals surface area contributed by atoms with Crippen molar-refractivity contribution in [2.45, 2.75) is 24.8 Å². The standard InChI is InChI=1S/C16H19BrN2O3S/c1-16(2,9-20)19-13(21)15(23-3)22-14-11(17)8-10-6-4-5-7-12(10)18-14/h4-8,15,20H,9H2,1-3H3,(H,19,21). The Hall–Kier alpha value is -1.31. The van der Waals surface area contributed by atoms with Gasteiger partial charge in [-0.1, -0.05) is 18.2 Å². The number of aliphatic hydroxyl groups excluding tert-OH is 1. The third kappa shape index (κ3) is 4.59. The number of rotatable bonds is 6.